The number of hydroxylamine groups is 1. The van der Waals surface area contributed by atoms with Gasteiger partial charge in [-0.3, -0.25) is 4.84 Å². The summed E-state index contributed by atoms with van der Waals surface area (Å²) in [5, 5.41) is 0.676. The zero-order valence-electron chi connectivity index (χ0n) is 15.1. The van der Waals surface area contributed by atoms with E-state index >= 15 is 0 Å². The van der Waals surface area contributed by atoms with Crippen LogP contribution in [-0.4, -0.2) is 54.7 Å². The molecule has 1 atom stereocenters. The van der Waals surface area contributed by atoms with E-state index < -0.39 is 0 Å². The summed E-state index contributed by atoms with van der Waals surface area (Å²) < 4.78 is 0. The predicted octanol–water partition coefficient (Wildman–Crippen LogP) is 2.61. The summed E-state index contributed by atoms with van der Waals surface area (Å²) >= 11 is 6.08. The van der Waals surface area contributed by atoms with Gasteiger partial charge in [0.2, 0.25) is 0 Å². The number of likely N-dealkylation sites (tertiary alicyclic amines) is 1. The lowest BCUT2D eigenvalue weighted by molar-refractivity contribution is 0.0567. The lowest BCUT2D eigenvalue weighted by Gasteiger charge is -2.40. The fourth-order valence-corrected chi connectivity index (χ4v) is 3.62. The molecule has 25 heavy (non-hydrogen) atoms. The SMILES string of the molecule is CONC(=O)N(Cc1cccc(Cl)c1)C1CCN([C@H](C)CCN)CC1. The van der Waals surface area contributed by atoms with E-state index in [0.29, 0.717) is 24.2 Å². The molecule has 0 spiro atoms. The highest BCUT2D eigenvalue weighted by Crippen LogP contribution is 2.22. The van der Waals surface area contributed by atoms with Crippen LogP contribution in [0.25, 0.3) is 0 Å². The average molecular weight is 369 g/mol. The highest BCUT2D eigenvalue weighted by atomic mass is 35.5. The Morgan fingerprint density at radius 3 is 2.80 bits per heavy atom. The van der Waals surface area contributed by atoms with Crippen LogP contribution in [0, 0.1) is 0 Å². The Hall–Kier alpha value is -1.34. The summed E-state index contributed by atoms with van der Waals surface area (Å²) in [6.07, 6.45) is 2.88. The Morgan fingerprint density at radius 2 is 2.20 bits per heavy atom. The van der Waals surface area contributed by atoms with E-state index in [1.807, 2.05) is 29.2 Å². The molecule has 1 heterocycles. The van der Waals surface area contributed by atoms with Gasteiger partial charge < -0.3 is 15.5 Å². The molecular weight excluding hydrogens is 340 g/mol. The molecule has 0 aliphatic carbocycles. The van der Waals surface area contributed by atoms with E-state index in [-0.39, 0.29) is 12.1 Å². The summed E-state index contributed by atoms with van der Waals surface area (Å²) in [4.78, 5) is 21.6. The van der Waals surface area contributed by atoms with Crippen LogP contribution in [0.4, 0.5) is 4.79 Å². The average Bonchev–Trinajstić information content (AvgIpc) is 2.60. The molecule has 0 saturated carbocycles. The summed E-state index contributed by atoms with van der Waals surface area (Å²) in [6.45, 7) is 5.38. The van der Waals surface area contributed by atoms with Crippen LogP contribution in [-0.2, 0) is 11.4 Å². The number of nitrogens with two attached hydrogens (primary N) is 1. The van der Waals surface area contributed by atoms with Crippen molar-refractivity contribution in [3.8, 4) is 0 Å². The third-order valence-electron chi connectivity index (χ3n) is 4.84. The Bertz CT molecular complexity index is 550. The number of hydrogen-bond donors (Lipinski definition) is 2. The first kappa shape index (κ1) is 20.0. The van der Waals surface area contributed by atoms with Crippen LogP contribution in [0.1, 0.15) is 31.7 Å². The third-order valence-corrected chi connectivity index (χ3v) is 5.07. The number of benzene rings is 1. The fraction of sp³-hybridized carbons (Fsp3) is 0.611. The van der Waals surface area contributed by atoms with Crippen molar-refractivity contribution < 1.29 is 9.63 Å². The van der Waals surface area contributed by atoms with Crippen molar-refractivity contribution in [3.05, 3.63) is 34.9 Å². The number of hydrogen-bond acceptors (Lipinski definition) is 4. The molecule has 1 fully saturated rings. The minimum Gasteiger partial charge on any atom is -0.330 e. The van der Waals surface area contributed by atoms with Crippen LogP contribution >= 0.6 is 11.6 Å². The molecule has 1 aliphatic heterocycles. The monoisotopic (exact) mass is 368 g/mol. The topological polar surface area (TPSA) is 70.8 Å². The summed E-state index contributed by atoms with van der Waals surface area (Å²) in [5.74, 6) is 0. The second-order valence-corrected chi connectivity index (χ2v) is 7.00. The maximum atomic E-state index is 12.5. The van der Waals surface area contributed by atoms with Gasteiger partial charge in [-0.1, -0.05) is 23.7 Å². The van der Waals surface area contributed by atoms with E-state index in [1.165, 1.54) is 7.11 Å². The van der Waals surface area contributed by atoms with Gasteiger partial charge in [0.1, 0.15) is 0 Å². The van der Waals surface area contributed by atoms with Crippen LogP contribution in [0.5, 0.6) is 0 Å². The second-order valence-electron chi connectivity index (χ2n) is 6.56. The Balaban J connectivity index is 2.02. The van der Waals surface area contributed by atoms with Crippen LogP contribution in [0.2, 0.25) is 5.02 Å². The first-order valence-corrected chi connectivity index (χ1v) is 9.21. The number of nitrogens with zero attached hydrogens (tertiary/aromatic N) is 2. The maximum absolute atomic E-state index is 12.5. The van der Waals surface area contributed by atoms with Gasteiger partial charge in [0, 0.05) is 36.7 Å². The minimum atomic E-state index is -0.212. The van der Waals surface area contributed by atoms with Gasteiger partial charge in [0.15, 0.2) is 0 Å². The molecule has 3 N–H and O–H groups in total. The molecule has 0 bridgehead atoms. The molecule has 1 aromatic carbocycles. The number of nitrogens with one attached hydrogen (secondary N) is 1. The molecule has 1 saturated heterocycles. The van der Waals surface area contributed by atoms with Crippen LogP contribution in [0.15, 0.2) is 24.3 Å². The summed E-state index contributed by atoms with van der Waals surface area (Å²) in [7, 11) is 1.45. The van der Waals surface area contributed by atoms with Crippen molar-refractivity contribution in [2.75, 3.05) is 26.7 Å². The van der Waals surface area contributed by atoms with Gasteiger partial charge in [-0.05, 0) is 50.4 Å². The molecule has 0 aromatic heterocycles. The first-order chi connectivity index (χ1) is 12.0. The number of rotatable bonds is 7. The highest BCUT2D eigenvalue weighted by Gasteiger charge is 2.29. The molecule has 140 valence electrons. The molecular formula is C18H29ClN4O2. The molecule has 0 unspecified atom stereocenters. The quantitative estimate of drug-likeness (QED) is 0.726. The number of amides is 2. The highest BCUT2D eigenvalue weighted by molar-refractivity contribution is 6.30. The molecule has 2 rings (SSSR count). The Kier molecular flexibility index (Phi) is 7.96. The minimum absolute atomic E-state index is 0.176. The molecule has 2 amide bonds. The number of piperidine rings is 1. The lowest BCUT2D eigenvalue weighted by atomic mass is 10.0. The van der Waals surface area contributed by atoms with E-state index in [0.717, 1.165) is 37.9 Å². The lowest BCUT2D eigenvalue weighted by Crippen LogP contribution is -2.51. The maximum Gasteiger partial charge on any atom is 0.341 e. The van der Waals surface area contributed by atoms with Crippen LogP contribution in [0.3, 0.4) is 0 Å². The zero-order chi connectivity index (χ0) is 18.2. The van der Waals surface area contributed by atoms with E-state index in [9.17, 15) is 4.79 Å². The van der Waals surface area contributed by atoms with E-state index in [4.69, 9.17) is 22.2 Å². The number of carbonyl (C=O) groups is 1. The van der Waals surface area contributed by atoms with Crippen molar-refractivity contribution in [3.63, 3.8) is 0 Å². The molecule has 7 heteroatoms. The largest absolute Gasteiger partial charge is 0.341 e. The standard InChI is InChI=1S/C18H29ClN4O2/c1-14(6-9-20)22-10-7-17(8-11-22)23(18(24)21-25-2)13-15-4-3-5-16(19)12-15/h3-5,12,14,17H,6-11,13,20H2,1-2H3,(H,21,24)/t14-/m1/s1. The van der Waals surface area contributed by atoms with Crippen molar-refractivity contribution in [2.45, 2.75) is 44.8 Å². The first-order valence-electron chi connectivity index (χ1n) is 8.83. The smallest absolute Gasteiger partial charge is 0.330 e. The Labute approximate surface area is 155 Å². The summed E-state index contributed by atoms with van der Waals surface area (Å²) in [6, 6.07) is 8.07. The van der Waals surface area contributed by atoms with Gasteiger partial charge in [-0.25, -0.2) is 10.3 Å². The molecule has 1 aromatic rings. The van der Waals surface area contributed by atoms with Gasteiger partial charge in [0.25, 0.3) is 0 Å². The van der Waals surface area contributed by atoms with Crippen LogP contribution < -0.4 is 11.2 Å². The van der Waals surface area contributed by atoms with Crippen molar-refractivity contribution in [2.24, 2.45) is 5.73 Å². The Morgan fingerprint density at radius 1 is 1.48 bits per heavy atom. The number of urea groups is 1. The molecule has 0 radical (unpaired) electrons. The summed E-state index contributed by atoms with van der Waals surface area (Å²) in [5.41, 5.74) is 9.14. The van der Waals surface area contributed by atoms with Crippen molar-refractivity contribution in [1.82, 2.24) is 15.3 Å². The van der Waals surface area contributed by atoms with Gasteiger partial charge in [-0.2, -0.15) is 0 Å². The third kappa shape index (κ3) is 5.85. The second kappa shape index (κ2) is 9.97. The van der Waals surface area contributed by atoms with Crippen molar-refractivity contribution in [1.29, 1.82) is 0 Å². The van der Waals surface area contributed by atoms with Crippen molar-refractivity contribution >= 4 is 17.6 Å². The predicted molar refractivity (Wildman–Crippen MR) is 100 cm³/mol. The van der Waals surface area contributed by atoms with E-state index in [1.54, 1.807) is 0 Å². The zero-order valence-corrected chi connectivity index (χ0v) is 15.8. The van der Waals surface area contributed by atoms with Gasteiger partial charge in [0.05, 0.1) is 7.11 Å². The number of carbonyl (C=O) groups excluding carboxylic acids is 1. The normalized spacial score (nSPS) is 17.3. The fourth-order valence-electron chi connectivity index (χ4n) is 3.41. The van der Waals surface area contributed by atoms with Gasteiger partial charge in [-0.15, -0.1) is 0 Å². The van der Waals surface area contributed by atoms with E-state index in [2.05, 4.69) is 17.3 Å². The molecule has 1 aliphatic rings. The number of halogens is 1. The van der Waals surface area contributed by atoms with Gasteiger partial charge >= 0.3 is 6.03 Å². The molecule has 6 nitrogen and oxygen atoms in total.